The average Bonchev–Trinajstić information content (AvgIpc) is 3.25. The molecule has 8 heteroatoms. The topological polar surface area (TPSA) is 97.7 Å². The molecule has 0 saturated heterocycles. The van der Waals surface area contributed by atoms with E-state index in [0.29, 0.717) is 18.4 Å². The zero-order valence-electron chi connectivity index (χ0n) is 17.7. The Kier molecular flexibility index (Phi) is 5.74. The van der Waals surface area contributed by atoms with Gasteiger partial charge in [0.25, 0.3) is 0 Å². The lowest BCUT2D eigenvalue weighted by molar-refractivity contribution is 0.162. The van der Waals surface area contributed by atoms with E-state index in [1.807, 2.05) is 55.5 Å². The molecule has 1 atom stereocenters. The second-order valence-electron chi connectivity index (χ2n) is 7.80. The smallest absolute Gasteiger partial charge is 0.238 e. The van der Waals surface area contributed by atoms with Gasteiger partial charge in [-0.1, -0.05) is 42.0 Å². The minimum atomic E-state index is -3.87. The second-order valence-corrected chi connectivity index (χ2v) is 10.5. The highest BCUT2D eigenvalue weighted by molar-refractivity contribution is 7.89. The number of benzene rings is 2. The number of hydrogen-bond donors (Lipinski definition) is 2. The molecule has 0 aliphatic rings. The van der Waals surface area contributed by atoms with Crippen molar-refractivity contribution in [3.05, 3.63) is 76.1 Å². The zero-order chi connectivity index (χ0) is 22.3. The van der Waals surface area contributed by atoms with Gasteiger partial charge in [-0.2, -0.15) is 0 Å². The molecule has 31 heavy (non-hydrogen) atoms. The molecule has 0 fully saturated rings. The van der Waals surface area contributed by atoms with Crippen molar-refractivity contribution in [2.45, 2.75) is 44.6 Å². The van der Waals surface area contributed by atoms with Crippen molar-refractivity contribution >= 4 is 26.3 Å². The highest BCUT2D eigenvalue weighted by Gasteiger charge is 2.20. The Hall–Kier alpha value is -2.52. The normalized spacial score (nSPS) is 13.1. The van der Waals surface area contributed by atoms with E-state index >= 15 is 0 Å². The second kappa shape index (κ2) is 8.20. The molecule has 0 aliphatic carbocycles. The summed E-state index contributed by atoms with van der Waals surface area (Å²) in [7, 11) is -3.87. The van der Waals surface area contributed by atoms with Gasteiger partial charge in [0.05, 0.1) is 22.9 Å². The zero-order valence-corrected chi connectivity index (χ0v) is 19.3. The fraction of sp³-hybridized carbons (Fsp3) is 0.261. The van der Waals surface area contributed by atoms with Gasteiger partial charge in [-0.3, -0.25) is 4.40 Å². The molecule has 0 saturated carbocycles. The molecule has 0 amide bonds. The Morgan fingerprint density at radius 3 is 2.61 bits per heavy atom. The highest BCUT2D eigenvalue weighted by atomic mass is 32.2. The van der Waals surface area contributed by atoms with E-state index < -0.39 is 16.1 Å². The number of nitrogens with two attached hydrogens (primary N) is 1. The number of aliphatic hydroxyl groups excluding tert-OH is 1. The monoisotopic (exact) mass is 455 g/mol. The summed E-state index contributed by atoms with van der Waals surface area (Å²) in [6.45, 7) is 5.99. The molecule has 0 spiro atoms. The first kappa shape index (κ1) is 21.7. The fourth-order valence-electron chi connectivity index (χ4n) is 3.90. The Bertz CT molecular complexity index is 1370. The molecule has 4 aromatic rings. The molecule has 0 radical (unpaired) electrons. The van der Waals surface area contributed by atoms with Crippen LogP contribution in [-0.2, 0) is 16.4 Å². The van der Waals surface area contributed by atoms with Gasteiger partial charge in [-0.05, 0) is 50.8 Å². The predicted octanol–water partition coefficient (Wildman–Crippen LogP) is 4.30. The van der Waals surface area contributed by atoms with Crippen LogP contribution < -0.4 is 5.14 Å². The van der Waals surface area contributed by atoms with Crippen LogP contribution in [-0.4, -0.2) is 22.9 Å². The molecular formula is C23H25N3O3S2. The summed E-state index contributed by atoms with van der Waals surface area (Å²) in [6.07, 6.45) is 2.10. The number of primary sulfonamides is 1. The number of nitrogens with zero attached hydrogens (tertiary/aromatic N) is 2. The van der Waals surface area contributed by atoms with Crippen LogP contribution in [0, 0.1) is 20.8 Å². The molecular weight excluding hydrogens is 430 g/mol. The van der Waals surface area contributed by atoms with Gasteiger partial charge in [0.2, 0.25) is 10.0 Å². The number of hydrogen-bond acceptors (Lipinski definition) is 5. The van der Waals surface area contributed by atoms with E-state index in [9.17, 15) is 13.5 Å². The van der Waals surface area contributed by atoms with Crippen LogP contribution in [0.2, 0.25) is 0 Å². The van der Waals surface area contributed by atoms with E-state index in [4.69, 9.17) is 5.14 Å². The summed E-state index contributed by atoms with van der Waals surface area (Å²) < 4.78 is 26.3. The van der Waals surface area contributed by atoms with Crippen LogP contribution in [0.1, 0.15) is 39.9 Å². The van der Waals surface area contributed by atoms with Gasteiger partial charge in [0.1, 0.15) is 0 Å². The Morgan fingerprint density at radius 2 is 1.87 bits per heavy atom. The lowest BCUT2D eigenvalue weighted by Crippen LogP contribution is -2.14. The first-order valence-corrected chi connectivity index (χ1v) is 12.4. The molecule has 6 nitrogen and oxygen atoms in total. The summed E-state index contributed by atoms with van der Waals surface area (Å²) in [5.74, 6) is 0. The minimum absolute atomic E-state index is 0.105. The van der Waals surface area contributed by atoms with Crippen LogP contribution >= 0.6 is 11.3 Å². The van der Waals surface area contributed by atoms with Gasteiger partial charge in [-0.25, -0.2) is 18.5 Å². The lowest BCUT2D eigenvalue weighted by atomic mass is 9.94. The largest absolute Gasteiger partial charge is 0.387 e. The van der Waals surface area contributed by atoms with E-state index in [1.165, 1.54) is 4.88 Å². The van der Waals surface area contributed by atoms with Crippen molar-refractivity contribution in [2.24, 2.45) is 5.14 Å². The molecule has 0 bridgehead atoms. The number of imidazole rings is 1. The molecule has 2 heterocycles. The average molecular weight is 456 g/mol. The molecule has 162 valence electrons. The number of fused-ring (bicyclic) bond motifs is 1. The maximum atomic E-state index is 12.2. The van der Waals surface area contributed by atoms with E-state index in [0.717, 1.165) is 33.0 Å². The summed E-state index contributed by atoms with van der Waals surface area (Å²) in [6, 6.07) is 12.8. The van der Waals surface area contributed by atoms with Crippen molar-refractivity contribution in [3.8, 4) is 11.1 Å². The first-order chi connectivity index (χ1) is 14.7. The number of thiazole rings is 1. The predicted molar refractivity (Wildman–Crippen MR) is 124 cm³/mol. The summed E-state index contributed by atoms with van der Waals surface area (Å²) in [5.41, 5.74) is 5.16. The van der Waals surface area contributed by atoms with E-state index in [2.05, 4.69) is 4.98 Å². The third-order valence-corrected chi connectivity index (χ3v) is 7.66. The van der Waals surface area contributed by atoms with Crippen LogP contribution in [0.25, 0.3) is 16.1 Å². The van der Waals surface area contributed by atoms with Crippen LogP contribution in [0.3, 0.4) is 0 Å². The maximum Gasteiger partial charge on any atom is 0.238 e. The molecule has 1 unspecified atom stereocenters. The minimum Gasteiger partial charge on any atom is -0.387 e. The van der Waals surface area contributed by atoms with E-state index in [1.54, 1.807) is 29.7 Å². The van der Waals surface area contributed by atoms with Crippen molar-refractivity contribution < 1.29 is 13.5 Å². The molecule has 2 aromatic heterocycles. The number of aromatic nitrogens is 2. The van der Waals surface area contributed by atoms with Gasteiger partial charge >= 0.3 is 0 Å². The van der Waals surface area contributed by atoms with E-state index in [-0.39, 0.29) is 4.90 Å². The van der Waals surface area contributed by atoms with Gasteiger partial charge < -0.3 is 5.11 Å². The highest BCUT2D eigenvalue weighted by Crippen LogP contribution is 2.33. The number of aryl methyl sites for hydroxylation is 4. The van der Waals surface area contributed by atoms with Crippen LogP contribution in [0.15, 0.2) is 53.6 Å². The summed E-state index contributed by atoms with van der Waals surface area (Å²) >= 11 is 1.61. The molecule has 0 aliphatic heterocycles. The quantitative estimate of drug-likeness (QED) is 0.453. The Labute approximate surface area is 186 Å². The third-order valence-electron chi connectivity index (χ3n) is 5.62. The molecule has 4 rings (SSSR count). The van der Waals surface area contributed by atoms with Crippen molar-refractivity contribution in [3.63, 3.8) is 0 Å². The third kappa shape index (κ3) is 4.16. The summed E-state index contributed by atoms with van der Waals surface area (Å²) in [4.78, 5) is 6.59. The summed E-state index contributed by atoms with van der Waals surface area (Å²) in [5, 5.41) is 16.4. The van der Waals surface area contributed by atoms with Crippen molar-refractivity contribution in [1.29, 1.82) is 0 Å². The molecule has 3 N–H and O–H groups in total. The van der Waals surface area contributed by atoms with Crippen molar-refractivity contribution in [2.75, 3.05) is 0 Å². The first-order valence-electron chi connectivity index (χ1n) is 10.00. The molecule has 2 aromatic carbocycles. The van der Waals surface area contributed by atoms with Crippen molar-refractivity contribution in [1.82, 2.24) is 9.38 Å². The van der Waals surface area contributed by atoms with Gasteiger partial charge in [0, 0.05) is 16.1 Å². The SMILES string of the molecule is Cc1ccc(S(N)(=O)=O)c(-c2ccccc2CCC(O)c2cnc3sc(C)c(C)n23)c1. The number of rotatable bonds is 6. The standard InChI is InChI=1S/C23H25N3O3S2/c1-14-8-11-22(31(24,28)29)19(12-14)18-7-5-4-6-17(18)9-10-21(27)20-13-25-23-26(20)15(2)16(3)30-23/h4-8,11-13,21,27H,9-10H2,1-3H3,(H2,24,28,29). The lowest BCUT2D eigenvalue weighted by Gasteiger charge is -2.16. The van der Waals surface area contributed by atoms with Gasteiger partial charge in [-0.15, -0.1) is 11.3 Å². The Morgan fingerprint density at radius 1 is 1.13 bits per heavy atom. The maximum absolute atomic E-state index is 12.2. The van der Waals surface area contributed by atoms with Crippen LogP contribution in [0.4, 0.5) is 0 Å². The Balaban J connectivity index is 1.67. The van der Waals surface area contributed by atoms with Gasteiger partial charge in [0.15, 0.2) is 4.96 Å². The number of aliphatic hydroxyl groups is 1. The fourth-order valence-corrected chi connectivity index (χ4v) is 5.59. The number of sulfonamides is 1. The van der Waals surface area contributed by atoms with Crippen LogP contribution in [0.5, 0.6) is 0 Å².